The van der Waals surface area contributed by atoms with Crippen molar-refractivity contribution in [2.24, 2.45) is 0 Å². The van der Waals surface area contributed by atoms with Crippen LogP contribution in [0.15, 0.2) is 24.3 Å². The third-order valence-electron chi connectivity index (χ3n) is 3.94. The lowest BCUT2D eigenvalue weighted by atomic mass is 10.0. The number of carbonyl (C=O) groups is 1. The second kappa shape index (κ2) is 5.71. The smallest absolute Gasteiger partial charge is 0.317 e. The van der Waals surface area contributed by atoms with Crippen LogP contribution < -0.4 is 10.1 Å². The van der Waals surface area contributed by atoms with E-state index in [4.69, 9.17) is 4.74 Å². The monoisotopic (exact) mass is 276 g/mol. The summed E-state index contributed by atoms with van der Waals surface area (Å²) >= 11 is 0. The van der Waals surface area contributed by atoms with Crippen LogP contribution in [0.2, 0.25) is 0 Å². The molecule has 2 aliphatic heterocycles. The highest BCUT2D eigenvalue weighted by Crippen LogP contribution is 2.31. The largest absolute Gasteiger partial charge is 0.493 e. The molecule has 2 unspecified atom stereocenters. The third kappa shape index (κ3) is 2.72. The van der Waals surface area contributed by atoms with Crippen molar-refractivity contribution in [1.82, 2.24) is 10.2 Å². The number of amides is 2. The first-order valence-electron chi connectivity index (χ1n) is 7.19. The first-order chi connectivity index (χ1) is 9.74. The van der Waals surface area contributed by atoms with Crippen molar-refractivity contribution in [3.63, 3.8) is 0 Å². The molecular weight excluding hydrogens is 256 g/mol. The van der Waals surface area contributed by atoms with E-state index in [-0.39, 0.29) is 12.1 Å². The van der Waals surface area contributed by atoms with Crippen LogP contribution >= 0.6 is 0 Å². The number of para-hydroxylation sites is 1. The van der Waals surface area contributed by atoms with Crippen molar-refractivity contribution in [2.75, 3.05) is 19.7 Å². The molecule has 3 rings (SSSR count). The molecule has 1 aromatic carbocycles. The van der Waals surface area contributed by atoms with Gasteiger partial charge in [-0.25, -0.2) is 4.79 Å². The van der Waals surface area contributed by atoms with Crippen molar-refractivity contribution in [3.05, 3.63) is 29.8 Å². The maximum absolute atomic E-state index is 12.3. The van der Waals surface area contributed by atoms with E-state index < -0.39 is 6.10 Å². The molecule has 1 saturated heterocycles. The van der Waals surface area contributed by atoms with Gasteiger partial charge in [0.2, 0.25) is 0 Å². The van der Waals surface area contributed by atoms with Crippen molar-refractivity contribution in [2.45, 2.75) is 31.4 Å². The molecule has 1 fully saturated rings. The van der Waals surface area contributed by atoms with Crippen LogP contribution in [-0.4, -0.2) is 41.8 Å². The van der Waals surface area contributed by atoms with Gasteiger partial charge in [0.25, 0.3) is 0 Å². The van der Waals surface area contributed by atoms with Gasteiger partial charge >= 0.3 is 6.03 Å². The first kappa shape index (κ1) is 13.2. The lowest BCUT2D eigenvalue weighted by Gasteiger charge is -2.33. The number of urea groups is 1. The molecule has 2 N–H and O–H groups in total. The van der Waals surface area contributed by atoms with Gasteiger partial charge in [-0.1, -0.05) is 18.2 Å². The first-order valence-corrected chi connectivity index (χ1v) is 7.19. The standard InChI is InChI=1S/C15H20N2O3/c18-11-4-3-8-17(10-11)15(19)16-13-7-9-20-14-6-2-1-5-12(13)14/h1-2,5-6,11,13,18H,3-4,7-10H2,(H,16,19). The van der Waals surface area contributed by atoms with Gasteiger partial charge in [0.05, 0.1) is 18.8 Å². The van der Waals surface area contributed by atoms with Crippen molar-refractivity contribution < 1.29 is 14.6 Å². The summed E-state index contributed by atoms with van der Waals surface area (Å²) in [6.07, 6.45) is 2.03. The predicted molar refractivity (Wildman–Crippen MR) is 74.6 cm³/mol. The van der Waals surface area contributed by atoms with Gasteiger partial charge in [-0.15, -0.1) is 0 Å². The lowest BCUT2D eigenvalue weighted by Crippen LogP contribution is -2.48. The topological polar surface area (TPSA) is 61.8 Å². The van der Waals surface area contributed by atoms with Gasteiger partial charge < -0.3 is 20.1 Å². The molecule has 0 aliphatic carbocycles. The third-order valence-corrected chi connectivity index (χ3v) is 3.94. The summed E-state index contributed by atoms with van der Waals surface area (Å²) in [6, 6.07) is 7.71. The van der Waals surface area contributed by atoms with Gasteiger partial charge in [-0.2, -0.15) is 0 Å². The van der Waals surface area contributed by atoms with Crippen LogP contribution in [0.5, 0.6) is 5.75 Å². The molecule has 2 aliphatic rings. The molecule has 5 heteroatoms. The fourth-order valence-electron chi connectivity index (χ4n) is 2.87. The van der Waals surface area contributed by atoms with Gasteiger partial charge in [0.15, 0.2) is 0 Å². The van der Waals surface area contributed by atoms with Crippen LogP contribution in [0.3, 0.4) is 0 Å². The Morgan fingerprint density at radius 3 is 3.05 bits per heavy atom. The predicted octanol–water partition coefficient (Wildman–Crippen LogP) is 1.68. The van der Waals surface area contributed by atoms with E-state index in [2.05, 4.69) is 5.32 Å². The van der Waals surface area contributed by atoms with Crippen molar-refractivity contribution in [3.8, 4) is 5.75 Å². The average Bonchev–Trinajstić information content (AvgIpc) is 2.47. The van der Waals surface area contributed by atoms with E-state index in [0.717, 1.165) is 30.6 Å². The van der Waals surface area contributed by atoms with E-state index in [1.165, 1.54) is 0 Å². The number of aliphatic hydroxyl groups excluding tert-OH is 1. The molecule has 5 nitrogen and oxygen atoms in total. The maximum Gasteiger partial charge on any atom is 0.317 e. The SMILES string of the molecule is O=C(NC1CCOc2ccccc21)N1CCCC(O)C1. The van der Waals surface area contributed by atoms with Gasteiger partial charge in [0.1, 0.15) is 5.75 Å². The number of fused-ring (bicyclic) bond motifs is 1. The fourth-order valence-corrected chi connectivity index (χ4v) is 2.87. The molecule has 0 aromatic heterocycles. The van der Waals surface area contributed by atoms with Crippen LogP contribution in [0.25, 0.3) is 0 Å². The summed E-state index contributed by atoms with van der Waals surface area (Å²) in [6.45, 7) is 1.76. The summed E-state index contributed by atoms with van der Waals surface area (Å²) in [5, 5.41) is 12.7. The normalized spacial score (nSPS) is 25.6. The highest BCUT2D eigenvalue weighted by Gasteiger charge is 2.27. The second-order valence-electron chi connectivity index (χ2n) is 5.42. The quantitative estimate of drug-likeness (QED) is 0.820. The van der Waals surface area contributed by atoms with Gasteiger partial charge in [0, 0.05) is 25.1 Å². The Morgan fingerprint density at radius 2 is 2.20 bits per heavy atom. The summed E-state index contributed by atoms with van der Waals surface area (Å²) in [5.41, 5.74) is 1.03. The van der Waals surface area contributed by atoms with Gasteiger partial charge in [-0.05, 0) is 18.9 Å². The highest BCUT2D eigenvalue weighted by atomic mass is 16.5. The number of nitrogens with zero attached hydrogens (tertiary/aromatic N) is 1. The molecule has 0 radical (unpaired) electrons. The van der Waals surface area contributed by atoms with E-state index in [1.54, 1.807) is 4.90 Å². The van der Waals surface area contributed by atoms with Crippen LogP contribution in [0.1, 0.15) is 30.9 Å². The number of piperidine rings is 1. The average molecular weight is 276 g/mol. The van der Waals surface area contributed by atoms with Gasteiger partial charge in [-0.3, -0.25) is 0 Å². The Kier molecular flexibility index (Phi) is 3.78. The van der Waals surface area contributed by atoms with Crippen LogP contribution in [0.4, 0.5) is 4.79 Å². The van der Waals surface area contributed by atoms with E-state index in [9.17, 15) is 9.90 Å². The number of benzene rings is 1. The number of ether oxygens (including phenoxy) is 1. The molecule has 0 bridgehead atoms. The number of carbonyl (C=O) groups excluding carboxylic acids is 1. The number of hydrogen-bond donors (Lipinski definition) is 2. The summed E-state index contributed by atoms with van der Waals surface area (Å²) in [4.78, 5) is 14.0. The molecule has 0 saturated carbocycles. The lowest BCUT2D eigenvalue weighted by molar-refractivity contribution is 0.0826. The summed E-state index contributed by atoms with van der Waals surface area (Å²) < 4.78 is 5.59. The van der Waals surface area contributed by atoms with E-state index in [0.29, 0.717) is 19.7 Å². The number of nitrogens with one attached hydrogen (secondary N) is 1. The zero-order chi connectivity index (χ0) is 13.9. The maximum atomic E-state index is 12.3. The number of aliphatic hydroxyl groups is 1. The fraction of sp³-hybridized carbons (Fsp3) is 0.533. The minimum atomic E-state index is -0.392. The van der Waals surface area contributed by atoms with Crippen LogP contribution in [-0.2, 0) is 0 Å². The second-order valence-corrected chi connectivity index (χ2v) is 5.42. The Morgan fingerprint density at radius 1 is 1.35 bits per heavy atom. The molecule has 0 spiro atoms. The van der Waals surface area contributed by atoms with E-state index >= 15 is 0 Å². The Hall–Kier alpha value is -1.75. The zero-order valence-corrected chi connectivity index (χ0v) is 11.4. The molecular formula is C15H20N2O3. The molecule has 1 aromatic rings. The molecule has 20 heavy (non-hydrogen) atoms. The Balaban J connectivity index is 1.68. The van der Waals surface area contributed by atoms with E-state index in [1.807, 2.05) is 24.3 Å². The number of hydrogen-bond acceptors (Lipinski definition) is 3. The zero-order valence-electron chi connectivity index (χ0n) is 11.4. The summed E-state index contributed by atoms with van der Waals surface area (Å²) in [5.74, 6) is 0.850. The number of β-amino-alcohol motifs (C(OH)–C–C–N with tert-alkyl or cyclic N) is 1. The van der Waals surface area contributed by atoms with Crippen LogP contribution in [0, 0.1) is 0 Å². The number of rotatable bonds is 1. The van der Waals surface area contributed by atoms with Crippen molar-refractivity contribution in [1.29, 1.82) is 0 Å². The summed E-state index contributed by atoms with van der Waals surface area (Å²) in [7, 11) is 0. The van der Waals surface area contributed by atoms with Crippen molar-refractivity contribution >= 4 is 6.03 Å². The molecule has 2 amide bonds. The molecule has 2 heterocycles. The minimum Gasteiger partial charge on any atom is -0.493 e. The Labute approximate surface area is 118 Å². The molecule has 108 valence electrons. The molecule has 2 atom stereocenters. The number of likely N-dealkylation sites (tertiary alicyclic amines) is 1. The Bertz CT molecular complexity index is 492. The minimum absolute atomic E-state index is 0.00785. The highest BCUT2D eigenvalue weighted by molar-refractivity contribution is 5.75.